The minimum absolute atomic E-state index is 0.0859. The summed E-state index contributed by atoms with van der Waals surface area (Å²) in [6, 6.07) is 2.98. The predicted molar refractivity (Wildman–Crippen MR) is 193 cm³/mol. The number of nitrogens with two attached hydrogens (primary N) is 2. The van der Waals surface area contributed by atoms with Crippen molar-refractivity contribution >= 4 is 35.7 Å². The number of fused-ring (bicyclic) bond motifs is 5. The number of nitrogens with zero attached hydrogens (tertiary/aromatic N) is 2. The number of guanidine groups is 1. The average molecular weight is 757 g/mol. The van der Waals surface area contributed by atoms with Crippen molar-refractivity contribution in [3.8, 4) is 11.5 Å². The highest BCUT2D eigenvalue weighted by Crippen LogP contribution is 2.81. The molecular weight excluding hydrogens is 704 g/mol. The van der Waals surface area contributed by atoms with Crippen LogP contribution in [0.15, 0.2) is 17.1 Å². The standard InChI is InChI=1S/C36H52N8O10/c1-33(2,16-42-30(49)21(7-6-10-40-31(37)38)43-25(46)14-41-24(45)12-26(47)48)17-44(4)32(50)53-23-13-34(39-3)15-35-27-18(19-11-20(19)36(34,35)51)8-9-22(52-5)28(27)54-29(23)35/h8-9,19-21,23,29,39,51H,6-7,10-17H2,1-5H3,(H,41,45)(H,42,49)(H,43,46)(H,47,48)(H4,37,38,40)/t19?,20-,21-,23?,29+,34?,35+,36+/m1/s1. The topological polar surface area (TPSA) is 269 Å². The van der Waals surface area contributed by atoms with Crippen molar-refractivity contribution in [1.29, 1.82) is 0 Å². The summed E-state index contributed by atoms with van der Waals surface area (Å²) in [6.45, 7) is 3.73. The van der Waals surface area contributed by atoms with Gasteiger partial charge in [0.1, 0.15) is 24.7 Å². The minimum Gasteiger partial charge on any atom is -0.493 e. The molecule has 1 aliphatic heterocycles. The van der Waals surface area contributed by atoms with E-state index in [1.807, 2.05) is 27.0 Å². The minimum atomic E-state index is -1.34. The molecule has 54 heavy (non-hydrogen) atoms. The third-order valence-corrected chi connectivity index (χ3v) is 12.0. The first kappa shape index (κ1) is 38.9. The van der Waals surface area contributed by atoms with Crippen molar-refractivity contribution in [2.75, 3.05) is 47.4 Å². The molecule has 18 heteroatoms. The van der Waals surface area contributed by atoms with E-state index in [9.17, 15) is 29.1 Å². The van der Waals surface area contributed by atoms with Crippen LogP contribution in [-0.2, 0) is 29.3 Å². The zero-order chi connectivity index (χ0) is 39.4. The number of carboxylic acids is 1. The lowest BCUT2D eigenvalue weighted by molar-refractivity contribution is -0.286. The molecule has 3 unspecified atom stereocenters. The van der Waals surface area contributed by atoms with Gasteiger partial charge in [-0.3, -0.25) is 24.2 Å². The second-order valence-corrected chi connectivity index (χ2v) is 16.1. The zero-order valence-electron chi connectivity index (χ0n) is 31.3. The van der Waals surface area contributed by atoms with E-state index in [4.69, 9.17) is 30.8 Å². The number of aliphatic hydroxyl groups is 1. The molecule has 18 nitrogen and oxygen atoms in total. The number of amides is 4. The molecule has 1 heterocycles. The van der Waals surface area contributed by atoms with E-state index >= 15 is 0 Å². The highest BCUT2D eigenvalue weighted by molar-refractivity contribution is 5.95. The number of nitrogens with one attached hydrogen (secondary N) is 4. The summed E-state index contributed by atoms with van der Waals surface area (Å²) in [5, 5.41) is 32.4. The second kappa shape index (κ2) is 14.1. The van der Waals surface area contributed by atoms with Crippen LogP contribution in [0, 0.1) is 11.3 Å². The Morgan fingerprint density at radius 1 is 1.17 bits per heavy atom. The molecule has 0 aromatic heterocycles. The van der Waals surface area contributed by atoms with Gasteiger partial charge in [-0.25, -0.2) is 4.79 Å². The van der Waals surface area contributed by atoms with Gasteiger partial charge in [0.15, 0.2) is 17.5 Å². The lowest BCUT2D eigenvalue weighted by Gasteiger charge is -2.74. The Hall–Kier alpha value is -4.84. The summed E-state index contributed by atoms with van der Waals surface area (Å²) in [7, 11) is 5.05. The summed E-state index contributed by atoms with van der Waals surface area (Å²) < 4.78 is 18.6. The molecule has 3 fully saturated rings. The van der Waals surface area contributed by atoms with Crippen LogP contribution in [0.4, 0.5) is 4.79 Å². The first-order valence-corrected chi connectivity index (χ1v) is 18.3. The van der Waals surface area contributed by atoms with Gasteiger partial charge in [-0.2, -0.15) is 0 Å². The van der Waals surface area contributed by atoms with E-state index in [1.54, 1.807) is 14.2 Å². The molecule has 8 atom stereocenters. The molecule has 2 bridgehead atoms. The predicted octanol–water partition coefficient (Wildman–Crippen LogP) is -0.983. The molecule has 1 spiro atoms. The molecule has 6 rings (SSSR count). The Balaban J connectivity index is 1.08. The number of likely N-dealkylation sites (N-methyl/N-ethyl adjacent to an activating group) is 1. The van der Waals surface area contributed by atoms with Gasteiger partial charge in [0.25, 0.3) is 0 Å². The molecular formula is C36H52N8O10. The number of ether oxygens (including phenoxy) is 3. The van der Waals surface area contributed by atoms with E-state index in [0.717, 1.165) is 12.0 Å². The van der Waals surface area contributed by atoms with E-state index in [2.05, 4.69) is 32.3 Å². The van der Waals surface area contributed by atoms with Gasteiger partial charge in [0.05, 0.1) is 30.2 Å². The average Bonchev–Trinajstić information content (AvgIpc) is 3.82. The number of aliphatic carboxylic acids is 1. The molecule has 1 aromatic carbocycles. The maximum absolute atomic E-state index is 13.7. The van der Waals surface area contributed by atoms with Crippen molar-refractivity contribution in [1.82, 2.24) is 26.2 Å². The SMILES string of the molecule is CNC12CC(OC(=O)N(C)CC(C)(C)CNC(=O)[C@@H](CCCN=C(N)N)NC(=O)CNC(=O)CC(=O)O)[C@@H]3Oc4c(OC)ccc5c4[C@]3(C1)[C@]2(O)[C@@H]1CC51. The Morgan fingerprint density at radius 3 is 2.57 bits per heavy atom. The quantitative estimate of drug-likeness (QED) is 0.0412. The number of hydrogen-bond acceptors (Lipinski definition) is 11. The first-order chi connectivity index (χ1) is 25.4. The van der Waals surface area contributed by atoms with Crippen LogP contribution in [0.3, 0.4) is 0 Å². The van der Waals surface area contributed by atoms with Crippen molar-refractivity contribution in [3.63, 3.8) is 0 Å². The summed E-state index contributed by atoms with van der Waals surface area (Å²) >= 11 is 0. The van der Waals surface area contributed by atoms with E-state index in [-0.39, 0.29) is 43.9 Å². The number of hydrogen-bond donors (Lipinski definition) is 8. The maximum atomic E-state index is 13.7. The second-order valence-electron chi connectivity index (χ2n) is 16.1. The number of aliphatic imine (C=N–C) groups is 1. The van der Waals surface area contributed by atoms with Crippen LogP contribution in [0.25, 0.3) is 0 Å². The summed E-state index contributed by atoms with van der Waals surface area (Å²) in [6.07, 6.45) is -0.205. The fourth-order valence-electron chi connectivity index (χ4n) is 9.73. The van der Waals surface area contributed by atoms with Gasteiger partial charge in [-0.1, -0.05) is 19.9 Å². The van der Waals surface area contributed by atoms with Crippen molar-refractivity contribution in [2.45, 2.75) is 93.1 Å². The molecule has 4 amide bonds. The summed E-state index contributed by atoms with van der Waals surface area (Å²) in [5.41, 5.74) is 9.85. The van der Waals surface area contributed by atoms with E-state index < -0.39 is 83.0 Å². The molecule has 0 radical (unpaired) electrons. The number of rotatable bonds is 17. The highest BCUT2D eigenvalue weighted by Gasteiger charge is 2.90. The van der Waals surface area contributed by atoms with Gasteiger partial charge < -0.3 is 62.1 Å². The monoisotopic (exact) mass is 756 g/mol. The first-order valence-electron chi connectivity index (χ1n) is 18.3. The normalized spacial score (nSPS) is 29.4. The van der Waals surface area contributed by atoms with Crippen LogP contribution in [-0.4, -0.2) is 128 Å². The Morgan fingerprint density at radius 2 is 1.91 bits per heavy atom. The molecule has 4 aliphatic carbocycles. The maximum Gasteiger partial charge on any atom is 0.409 e. The van der Waals surface area contributed by atoms with E-state index in [0.29, 0.717) is 30.8 Å². The Labute approximate surface area is 313 Å². The van der Waals surface area contributed by atoms with Gasteiger partial charge in [0.2, 0.25) is 17.7 Å². The third-order valence-electron chi connectivity index (χ3n) is 12.0. The lowest BCUT2D eigenvalue weighted by Crippen LogP contribution is -2.90. The summed E-state index contributed by atoms with van der Waals surface area (Å²) in [5.74, 6) is -1.96. The fourth-order valence-corrected chi connectivity index (χ4v) is 9.73. The molecule has 3 saturated carbocycles. The molecule has 1 aromatic rings. The van der Waals surface area contributed by atoms with Crippen LogP contribution in [0.2, 0.25) is 0 Å². The smallest absolute Gasteiger partial charge is 0.409 e. The van der Waals surface area contributed by atoms with Crippen molar-refractivity contribution < 1.29 is 48.4 Å². The van der Waals surface area contributed by atoms with Crippen LogP contribution in [0.5, 0.6) is 11.5 Å². The molecule has 5 aliphatic rings. The molecule has 296 valence electrons. The van der Waals surface area contributed by atoms with E-state index in [1.165, 1.54) is 10.5 Å². The zero-order valence-corrected chi connectivity index (χ0v) is 31.3. The Kier molecular flexibility index (Phi) is 10.1. The largest absolute Gasteiger partial charge is 0.493 e. The van der Waals surface area contributed by atoms with Crippen molar-refractivity contribution in [3.05, 3.63) is 23.3 Å². The molecule has 10 N–H and O–H groups in total. The molecule has 0 saturated heterocycles. The van der Waals surface area contributed by atoms with Crippen LogP contribution >= 0.6 is 0 Å². The van der Waals surface area contributed by atoms with Gasteiger partial charge in [0, 0.05) is 38.7 Å². The van der Waals surface area contributed by atoms with Gasteiger partial charge in [-0.15, -0.1) is 0 Å². The van der Waals surface area contributed by atoms with Crippen LogP contribution in [0.1, 0.15) is 69.4 Å². The summed E-state index contributed by atoms with van der Waals surface area (Å²) in [4.78, 5) is 67.4. The third kappa shape index (κ3) is 6.41. The number of benzene rings is 1. The van der Waals surface area contributed by atoms with Gasteiger partial charge in [-0.05, 0) is 61.6 Å². The number of methoxy groups -OCH3 is 1. The number of carbonyl (C=O) groups excluding carboxylic acids is 4. The fraction of sp³-hybridized carbons (Fsp3) is 0.667. The van der Waals surface area contributed by atoms with Crippen molar-refractivity contribution in [2.24, 2.45) is 27.8 Å². The number of carboxylic acid groups (broad SMARTS) is 1. The van der Waals surface area contributed by atoms with Gasteiger partial charge >= 0.3 is 12.1 Å². The highest BCUT2D eigenvalue weighted by atomic mass is 16.6. The number of carbonyl (C=O) groups is 5. The Bertz CT molecular complexity index is 1750. The van der Waals surface area contributed by atoms with Crippen LogP contribution < -0.4 is 42.2 Å². The lowest BCUT2D eigenvalue weighted by atomic mass is 9.34.